The molecule has 0 aliphatic heterocycles. The zero-order valence-corrected chi connectivity index (χ0v) is 13.9. The molecule has 0 aliphatic rings. The highest BCUT2D eigenvalue weighted by atomic mass is 35.5. The van der Waals surface area contributed by atoms with E-state index in [4.69, 9.17) is 11.6 Å². The van der Waals surface area contributed by atoms with E-state index in [9.17, 15) is 18.8 Å². The molecule has 0 saturated heterocycles. The lowest BCUT2D eigenvalue weighted by molar-refractivity contribution is -0.136. The molecule has 0 saturated carbocycles. The molecule has 3 rings (SSSR count). The van der Waals surface area contributed by atoms with Crippen LogP contribution in [0.15, 0.2) is 47.3 Å². The summed E-state index contributed by atoms with van der Waals surface area (Å²) in [7, 11) is 0. The Kier molecular flexibility index (Phi) is 4.94. The van der Waals surface area contributed by atoms with E-state index in [1.807, 2.05) is 0 Å². The number of H-pyrrole nitrogens is 1. The van der Waals surface area contributed by atoms with E-state index in [1.54, 1.807) is 24.3 Å². The first-order valence-electron chi connectivity index (χ1n) is 7.46. The minimum atomic E-state index is -0.991. The number of hydrogen-bond acceptors (Lipinski definition) is 4. The monoisotopic (exact) mass is 374 g/mol. The Morgan fingerprint density at radius 3 is 2.69 bits per heavy atom. The third kappa shape index (κ3) is 3.86. The summed E-state index contributed by atoms with van der Waals surface area (Å²) >= 11 is 5.55. The number of aromatic amines is 1. The van der Waals surface area contributed by atoms with Crippen molar-refractivity contribution in [3.8, 4) is 0 Å². The lowest BCUT2D eigenvalue weighted by Gasteiger charge is -2.07. The quantitative estimate of drug-likeness (QED) is 0.610. The maximum Gasteiger partial charge on any atom is 0.313 e. The summed E-state index contributed by atoms with van der Waals surface area (Å²) in [4.78, 5) is 42.4. The number of carbonyl (C=O) groups is 2. The van der Waals surface area contributed by atoms with Gasteiger partial charge in [-0.05, 0) is 30.3 Å². The summed E-state index contributed by atoms with van der Waals surface area (Å²) in [5.74, 6) is -2.47. The molecule has 0 spiro atoms. The second kappa shape index (κ2) is 7.32. The van der Waals surface area contributed by atoms with Gasteiger partial charge in [-0.25, -0.2) is 9.37 Å². The first kappa shape index (κ1) is 17.6. The second-order valence-corrected chi connectivity index (χ2v) is 5.70. The van der Waals surface area contributed by atoms with Crippen LogP contribution in [0.4, 0.5) is 10.1 Å². The maximum absolute atomic E-state index is 13.3. The molecule has 2 aromatic carbocycles. The van der Waals surface area contributed by atoms with Crippen molar-refractivity contribution >= 4 is 40.0 Å². The highest BCUT2D eigenvalue weighted by molar-refractivity contribution is 6.39. The number of aromatic nitrogens is 2. The summed E-state index contributed by atoms with van der Waals surface area (Å²) < 4.78 is 13.3. The van der Waals surface area contributed by atoms with Gasteiger partial charge in [0.2, 0.25) is 0 Å². The van der Waals surface area contributed by atoms with Crippen molar-refractivity contribution in [1.29, 1.82) is 0 Å². The Morgan fingerprint density at radius 2 is 1.92 bits per heavy atom. The SMILES string of the molecule is O=C(NCc1nc2ccccc2c(=O)[nH]1)C(=O)Nc1ccc(Cl)c(F)c1. The fraction of sp³-hybridized carbons (Fsp3) is 0.0588. The van der Waals surface area contributed by atoms with Crippen molar-refractivity contribution in [2.24, 2.45) is 0 Å². The number of amides is 2. The minimum Gasteiger partial charge on any atom is -0.341 e. The molecule has 0 aliphatic carbocycles. The molecule has 0 unspecified atom stereocenters. The Hall–Kier alpha value is -3.26. The lowest BCUT2D eigenvalue weighted by Crippen LogP contribution is -2.35. The van der Waals surface area contributed by atoms with Gasteiger partial charge in [-0.1, -0.05) is 23.7 Å². The summed E-state index contributed by atoms with van der Waals surface area (Å²) in [5, 5.41) is 4.90. The molecule has 1 aromatic heterocycles. The van der Waals surface area contributed by atoms with Crippen molar-refractivity contribution in [3.05, 3.63) is 69.5 Å². The van der Waals surface area contributed by atoms with Crippen LogP contribution in [0, 0.1) is 5.82 Å². The highest BCUT2D eigenvalue weighted by Crippen LogP contribution is 2.18. The molecule has 1 heterocycles. The van der Waals surface area contributed by atoms with Crippen molar-refractivity contribution in [3.63, 3.8) is 0 Å². The molecule has 0 radical (unpaired) electrons. The third-order valence-electron chi connectivity index (χ3n) is 3.46. The topological polar surface area (TPSA) is 104 Å². The molecule has 132 valence electrons. The summed E-state index contributed by atoms with van der Waals surface area (Å²) in [6, 6.07) is 10.4. The van der Waals surface area contributed by atoms with Gasteiger partial charge in [0.1, 0.15) is 11.6 Å². The molecule has 3 N–H and O–H groups in total. The van der Waals surface area contributed by atoms with Crippen LogP contribution in [0.1, 0.15) is 5.82 Å². The number of benzene rings is 2. The Bertz CT molecular complexity index is 1070. The average Bonchev–Trinajstić information content (AvgIpc) is 2.63. The number of hydrogen-bond donors (Lipinski definition) is 3. The van der Waals surface area contributed by atoms with E-state index in [1.165, 1.54) is 12.1 Å². The van der Waals surface area contributed by atoms with Crippen molar-refractivity contribution in [2.45, 2.75) is 6.54 Å². The molecule has 0 atom stereocenters. The Labute approximate surface area is 151 Å². The maximum atomic E-state index is 13.3. The van der Waals surface area contributed by atoms with E-state index >= 15 is 0 Å². The number of nitrogens with zero attached hydrogens (tertiary/aromatic N) is 1. The first-order valence-corrected chi connectivity index (χ1v) is 7.84. The average molecular weight is 375 g/mol. The standard InChI is InChI=1S/C17H12ClFN4O3/c18-11-6-5-9(7-12(11)19)21-17(26)16(25)20-8-14-22-13-4-2-1-3-10(13)15(24)23-14/h1-7H,8H2,(H,20,25)(H,21,26)(H,22,23,24). The number of anilines is 1. The van der Waals surface area contributed by atoms with Gasteiger partial charge in [0, 0.05) is 5.69 Å². The van der Waals surface area contributed by atoms with E-state index in [0.29, 0.717) is 10.9 Å². The molecule has 7 nitrogen and oxygen atoms in total. The Morgan fingerprint density at radius 1 is 1.15 bits per heavy atom. The number of para-hydroxylation sites is 1. The predicted molar refractivity (Wildman–Crippen MR) is 94.3 cm³/mol. The predicted octanol–water partition coefficient (Wildman–Crippen LogP) is 1.97. The molecular formula is C17H12ClFN4O3. The van der Waals surface area contributed by atoms with E-state index in [2.05, 4.69) is 20.6 Å². The van der Waals surface area contributed by atoms with Gasteiger partial charge in [-0.15, -0.1) is 0 Å². The molecule has 0 fully saturated rings. The number of fused-ring (bicyclic) bond motifs is 1. The second-order valence-electron chi connectivity index (χ2n) is 5.30. The van der Waals surface area contributed by atoms with Gasteiger partial charge >= 0.3 is 11.8 Å². The molecule has 26 heavy (non-hydrogen) atoms. The largest absolute Gasteiger partial charge is 0.341 e. The van der Waals surface area contributed by atoms with Crippen LogP contribution in [-0.2, 0) is 16.1 Å². The summed E-state index contributed by atoms with van der Waals surface area (Å²) in [6.07, 6.45) is 0. The number of halogens is 2. The lowest BCUT2D eigenvalue weighted by atomic mass is 10.2. The van der Waals surface area contributed by atoms with Gasteiger partial charge in [-0.2, -0.15) is 0 Å². The third-order valence-corrected chi connectivity index (χ3v) is 3.77. The van der Waals surface area contributed by atoms with E-state index < -0.39 is 17.6 Å². The molecule has 3 aromatic rings. The van der Waals surface area contributed by atoms with Gasteiger partial charge in [0.25, 0.3) is 5.56 Å². The fourth-order valence-corrected chi connectivity index (χ4v) is 2.34. The number of nitrogens with one attached hydrogen (secondary N) is 3. The molecule has 0 bridgehead atoms. The molecule has 9 heteroatoms. The highest BCUT2D eigenvalue weighted by Gasteiger charge is 2.15. The van der Waals surface area contributed by atoms with Gasteiger partial charge in [-0.3, -0.25) is 14.4 Å². The van der Waals surface area contributed by atoms with Gasteiger partial charge < -0.3 is 15.6 Å². The zero-order valence-electron chi connectivity index (χ0n) is 13.2. The summed E-state index contributed by atoms with van der Waals surface area (Å²) in [6.45, 7) is -0.151. The molecule has 2 amide bonds. The van der Waals surface area contributed by atoms with Crippen LogP contribution in [0.5, 0.6) is 0 Å². The van der Waals surface area contributed by atoms with Gasteiger partial charge in [0.15, 0.2) is 0 Å². The minimum absolute atomic E-state index is 0.0873. The number of carbonyl (C=O) groups excluding carboxylic acids is 2. The van der Waals surface area contributed by atoms with Crippen LogP contribution < -0.4 is 16.2 Å². The van der Waals surface area contributed by atoms with Crippen LogP contribution in [0.2, 0.25) is 5.02 Å². The fourth-order valence-electron chi connectivity index (χ4n) is 2.22. The van der Waals surface area contributed by atoms with Crippen molar-refractivity contribution in [1.82, 2.24) is 15.3 Å². The number of rotatable bonds is 3. The molecular weight excluding hydrogens is 363 g/mol. The van der Waals surface area contributed by atoms with Crippen LogP contribution >= 0.6 is 11.6 Å². The van der Waals surface area contributed by atoms with Crippen LogP contribution in [0.3, 0.4) is 0 Å². The van der Waals surface area contributed by atoms with Crippen molar-refractivity contribution < 1.29 is 14.0 Å². The smallest absolute Gasteiger partial charge is 0.313 e. The van der Waals surface area contributed by atoms with Crippen LogP contribution in [-0.4, -0.2) is 21.8 Å². The normalized spacial score (nSPS) is 10.5. The van der Waals surface area contributed by atoms with Crippen molar-refractivity contribution in [2.75, 3.05) is 5.32 Å². The van der Waals surface area contributed by atoms with E-state index in [0.717, 1.165) is 6.07 Å². The van der Waals surface area contributed by atoms with E-state index in [-0.39, 0.29) is 28.6 Å². The Balaban J connectivity index is 1.65. The van der Waals surface area contributed by atoms with Gasteiger partial charge in [0.05, 0.1) is 22.5 Å². The zero-order chi connectivity index (χ0) is 18.7. The van der Waals surface area contributed by atoms with Crippen LogP contribution in [0.25, 0.3) is 10.9 Å². The summed E-state index contributed by atoms with van der Waals surface area (Å²) in [5.41, 5.74) is 0.215. The first-order chi connectivity index (χ1) is 12.4.